The summed E-state index contributed by atoms with van der Waals surface area (Å²) >= 11 is 0. The summed E-state index contributed by atoms with van der Waals surface area (Å²) in [7, 11) is 3.81. The molecule has 0 aliphatic carbocycles. The number of guanidine groups is 2. The van der Waals surface area contributed by atoms with Crippen LogP contribution >= 0.6 is 0 Å². The van der Waals surface area contributed by atoms with Crippen LogP contribution in [-0.4, -0.2) is 30.9 Å². The molecule has 2 aromatic rings. The largest absolute Gasteiger partial charge is 0.489 e. The molecule has 0 bridgehead atoms. The van der Waals surface area contributed by atoms with Crippen molar-refractivity contribution < 1.29 is 4.74 Å². The van der Waals surface area contributed by atoms with Gasteiger partial charge in [0.1, 0.15) is 12.4 Å². The van der Waals surface area contributed by atoms with E-state index in [-0.39, 0.29) is 6.17 Å². The Kier molecular flexibility index (Phi) is 4.88. The lowest BCUT2D eigenvalue weighted by atomic mass is 10.1. The predicted octanol–water partition coefficient (Wildman–Crippen LogP) is 2.41. The van der Waals surface area contributed by atoms with E-state index in [2.05, 4.69) is 46.5 Å². The first-order valence-electron chi connectivity index (χ1n) is 8.15. The molecule has 25 heavy (non-hydrogen) atoms. The first kappa shape index (κ1) is 16.8. The van der Waals surface area contributed by atoms with Crippen LogP contribution in [0.5, 0.6) is 5.75 Å². The molecule has 1 atom stereocenters. The minimum Gasteiger partial charge on any atom is -0.489 e. The van der Waals surface area contributed by atoms with E-state index in [1.54, 1.807) is 0 Å². The van der Waals surface area contributed by atoms with Crippen LogP contribution in [0.4, 0.5) is 0 Å². The standard InChI is InChI=1S/C19H23N5O/c1-13-4-6-14(7-5-13)12-25-16-10-8-15(9-11-16)17-21-18(20)23-19(22-17)24(2)3/h4-11,17H,12H2,1-3H3,(H3,20,21,22,23). The zero-order valence-corrected chi connectivity index (χ0v) is 14.7. The number of nitrogens with one attached hydrogen (secondary N) is 1. The highest BCUT2D eigenvalue weighted by Gasteiger charge is 2.17. The fourth-order valence-electron chi connectivity index (χ4n) is 2.42. The van der Waals surface area contributed by atoms with Gasteiger partial charge in [-0.2, -0.15) is 0 Å². The molecule has 2 aromatic carbocycles. The highest BCUT2D eigenvalue weighted by Crippen LogP contribution is 2.24. The SMILES string of the molecule is Cc1ccc(COc2ccc(C3N=C(N)NC(N(C)C)=N3)cc2)cc1. The van der Waals surface area contributed by atoms with Crippen LogP contribution in [-0.2, 0) is 6.61 Å². The summed E-state index contributed by atoms with van der Waals surface area (Å²) in [5.41, 5.74) is 9.20. The van der Waals surface area contributed by atoms with E-state index in [4.69, 9.17) is 10.5 Å². The predicted molar refractivity (Wildman–Crippen MR) is 101 cm³/mol. The second-order valence-corrected chi connectivity index (χ2v) is 6.20. The third-order valence-electron chi connectivity index (χ3n) is 3.87. The van der Waals surface area contributed by atoms with Gasteiger partial charge in [-0.15, -0.1) is 0 Å². The summed E-state index contributed by atoms with van der Waals surface area (Å²) in [6.45, 7) is 2.62. The molecule has 0 fully saturated rings. The third kappa shape index (κ3) is 4.29. The molecule has 1 heterocycles. The molecule has 1 unspecified atom stereocenters. The molecule has 0 amide bonds. The highest BCUT2D eigenvalue weighted by atomic mass is 16.5. The highest BCUT2D eigenvalue weighted by molar-refractivity contribution is 5.99. The summed E-state index contributed by atoms with van der Waals surface area (Å²) < 4.78 is 5.84. The maximum absolute atomic E-state index is 5.85. The Morgan fingerprint density at radius 1 is 1.04 bits per heavy atom. The molecule has 3 rings (SSSR count). The van der Waals surface area contributed by atoms with Crippen molar-refractivity contribution in [1.29, 1.82) is 0 Å². The Labute approximate surface area is 148 Å². The first-order valence-corrected chi connectivity index (χ1v) is 8.15. The second kappa shape index (κ2) is 7.25. The number of benzene rings is 2. The van der Waals surface area contributed by atoms with E-state index < -0.39 is 0 Å². The Hall–Kier alpha value is -3.02. The van der Waals surface area contributed by atoms with Gasteiger partial charge in [-0.1, -0.05) is 42.0 Å². The zero-order chi connectivity index (χ0) is 17.8. The summed E-state index contributed by atoms with van der Waals surface area (Å²) in [4.78, 5) is 10.8. The number of nitrogens with zero attached hydrogens (tertiary/aromatic N) is 3. The monoisotopic (exact) mass is 337 g/mol. The van der Waals surface area contributed by atoms with Gasteiger partial charge in [0.15, 0.2) is 12.1 Å². The van der Waals surface area contributed by atoms with E-state index in [0.717, 1.165) is 16.9 Å². The van der Waals surface area contributed by atoms with Gasteiger partial charge in [-0.3, -0.25) is 5.32 Å². The summed E-state index contributed by atoms with van der Waals surface area (Å²) in [5, 5.41) is 2.95. The maximum atomic E-state index is 5.85. The van der Waals surface area contributed by atoms with Crippen molar-refractivity contribution in [1.82, 2.24) is 10.2 Å². The smallest absolute Gasteiger partial charge is 0.202 e. The molecule has 0 aromatic heterocycles. The quantitative estimate of drug-likeness (QED) is 0.898. The molecule has 6 nitrogen and oxygen atoms in total. The average Bonchev–Trinajstić information content (AvgIpc) is 2.61. The van der Waals surface area contributed by atoms with Crippen molar-refractivity contribution in [2.45, 2.75) is 19.7 Å². The van der Waals surface area contributed by atoms with E-state index in [9.17, 15) is 0 Å². The topological polar surface area (TPSA) is 75.2 Å². The Bertz CT molecular complexity index is 778. The molecule has 0 saturated carbocycles. The summed E-state index contributed by atoms with van der Waals surface area (Å²) in [6.07, 6.45) is -0.343. The van der Waals surface area contributed by atoms with Crippen molar-refractivity contribution >= 4 is 11.9 Å². The van der Waals surface area contributed by atoms with Crippen LogP contribution in [0.3, 0.4) is 0 Å². The number of aryl methyl sites for hydroxylation is 1. The van der Waals surface area contributed by atoms with Crippen LogP contribution < -0.4 is 15.8 Å². The van der Waals surface area contributed by atoms with Crippen molar-refractivity contribution in [2.24, 2.45) is 15.7 Å². The Morgan fingerprint density at radius 2 is 1.72 bits per heavy atom. The number of nitrogens with two attached hydrogens (primary N) is 1. The number of hydrogen-bond acceptors (Lipinski definition) is 6. The van der Waals surface area contributed by atoms with Gasteiger partial charge in [0.2, 0.25) is 5.96 Å². The molecule has 1 aliphatic rings. The van der Waals surface area contributed by atoms with Crippen molar-refractivity contribution in [3.8, 4) is 5.75 Å². The lowest BCUT2D eigenvalue weighted by molar-refractivity contribution is 0.306. The van der Waals surface area contributed by atoms with Crippen LogP contribution in [0, 0.1) is 6.92 Å². The van der Waals surface area contributed by atoms with Crippen LogP contribution in [0.15, 0.2) is 58.5 Å². The minimum atomic E-state index is -0.343. The van der Waals surface area contributed by atoms with Crippen molar-refractivity contribution in [3.05, 3.63) is 65.2 Å². The van der Waals surface area contributed by atoms with E-state index >= 15 is 0 Å². The minimum absolute atomic E-state index is 0.343. The van der Waals surface area contributed by atoms with Gasteiger partial charge in [-0.05, 0) is 30.2 Å². The van der Waals surface area contributed by atoms with E-state index in [1.165, 1.54) is 5.56 Å². The Morgan fingerprint density at radius 3 is 2.36 bits per heavy atom. The molecule has 3 N–H and O–H groups in total. The second-order valence-electron chi connectivity index (χ2n) is 6.20. The van der Waals surface area contributed by atoms with Crippen LogP contribution in [0.25, 0.3) is 0 Å². The molecule has 0 saturated heterocycles. The van der Waals surface area contributed by atoms with Gasteiger partial charge in [0.05, 0.1) is 0 Å². The zero-order valence-electron chi connectivity index (χ0n) is 14.7. The maximum Gasteiger partial charge on any atom is 0.202 e. The molecule has 130 valence electrons. The van der Waals surface area contributed by atoms with Gasteiger partial charge in [-0.25, -0.2) is 9.98 Å². The van der Waals surface area contributed by atoms with Gasteiger partial charge < -0.3 is 15.4 Å². The third-order valence-corrected chi connectivity index (χ3v) is 3.87. The summed E-state index contributed by atoms with van der Waals surface area (Å²) in [6, 6.07) is 16.1. The van der Waals surface area contributed by atoms with Crippen LogP contribution in [0.2, 0.25) is 0 Å². The number of ether oxygens (including phenoxy) is 1. The average molecular weight is 337 g/mol. The lowest BCUT2D eigenvalue weighted by Gasteiger charge is -2.23. The fraction of sp³-hybridized carbons (Fsp3) is 0.263. The van der Waals surface area contributed by atoms with Gasteiger partial charge in [0.25, 0.3) is 0 Å². The Balaban J connectivity index is 1.67. The van der Waals surface area contributed by atoms with Crippen LogP contribution in [0.1, 0.15) is 22.9 Å². The fourth-order valence-corrected chi connectivity index (χ4v) is 2.42. The van der Waals surface area contributed by atoms with Gasteiger partial charge in [0, 0.05) is 14.1 Å². The van der Waals surface area contributed by atoms with Crippen molar-refractivity contribution in [2.75, 3.05) is 14.1 Å². The van der Waals surface area contributed by atoms with E-state index in [1.807, 2.05) is 43.3 Å². The molecular weight excluding hydrogens is 314 g/mol. The molecule has 0 radical (unpaired) electrons. The lowest BCUT2D eigenvalue weighted by Crippen LogP contribution is -2.46. The molecular formula is C19H23N5O. The molecule has 0 spiro atoms. The molecule has 1 aliphatic heterocycles. The number of aliphatic imine (C=N–C) groups is 2. The first-order chi connectivity index (χ1) is 12.0. The molecule has 6 heteroatoms. The normalized spacial score (nSPS) is 16.5. The number of rotatable bonds is 4. The van der Waals surface area contributed by atoms with Crippen molar-refractivity contribution in [3.63, 3.8) is 0 Å². The van der Waals surface area contributed by atoms with E-state index in [0.29, 0.717) is 18.5 Å². The van der Waals surface area contributed by atoms with Gasteiger partial charge >= 0.3 is 0 Å². The number of hydrogen-bond donors (Lipinski definition) is 2. The summed E-state index contributed by atoms with van der Waals surface area (Å²) in [5.74, 6) is 1.87.